The summed E-state index contributed by atoms with van der Waals surface area (Å²) < 4.78 is 14.1. The van der Waals surface area contributed by atoms with Gasteiger partial charge in [-0.25, -0.2) is 4.39 Å². The molecule has 1 aliphatic rings. The number of nitro benzene ring substituents is 1. The Morgan fingerprint density at radius 1 is 1.48 bits per heavy atom. The fraction of sp³-hybridized carbons (Fsp3) is 0.500. The van der Waals surface area contributed by atoms with Crippen LogP contribution < -0.4 is 5.73 Å². The Morgan fingerprint density at radius 3 is 2.62 bits per heavy atom. The SMILES string of the molecule is Cc1cc([N+](=O)[O-])cc(C(=O)N2CCC(CN)CC2)c1F. The number of aryl methyl sites for hydroxylation is 1. The molecular weight excluding hydrogens is 277 g/mol. The number of amides is 1. The lowest BCUT2D eigenvalue weighted by Gasteiger charge is -2.31. The predicted octanol–water partition coefficient (Wildman–Crippen LogP) is 1.85. The van der Waals surface area contributed by atoms with Gasteiger partial charge in [-0.3, -0.25) is 14.9 Å². The number of benzene rings is 1. The second kappa shape index (κ2) is 6.17. The van der Waals surface area contributed by atoms with Crippen molar-refractivity contribution in [1.82, 2.24) is 4.90 Å². The van der Waals surface area contributed by atoms with E-state index < -0.39 is 16.6 Å². The number of carbonyl (C=O) groups is 1. The van der Waals surface area contributed by atoms with Gasteiger partial charge in [0.2, 0.25) is 0 Å². The lowest BCUT2D eigenvalue weighted by atomic mass is 9.96. The lowest BCUT2D eigenvalue weighted by Crippen LogP contribution is -2.40. The monoisotopic (exact) mass is 295 g/mol. The first kappa shape index (κ1) is 15.4. The van der Waals surface area contributed by atoms with Gasteiger partial charge in [0.1, 0.15) is 5.82 Å². The van der Waals surface area contributed by atoms with Crippen LogP contribution in [0, 0.1) is 28.8 Å². The molecule has 0 unspecified atom stereocenters. The molecule has 21 heavy (non-hydrogen) atoms. The first-order chi connectivity index (χ1) is 9.93. The molecule has 1 aromatic carbocycles. The number of piperidine rings is 1. The maximum atomic E-state index is 14.1. The third kappa shape index (κ3) is 3.18. The van der Waals surface area contributed by atoms with Crippen molar-refractivity contribution < 1.29 is 14.1 Å². The number of nitrogens with zero attached hydrogens (tertiary/aromatic N) is 2. The first-order valence-corrected chi connectivity index (χ1v) is 6.88. The Balaban J connectivity index is 2.25. The molecule has 1 amide bonds. The Hall–Kier alpha value is -2.02. The summed E-state index contributed by atoms with van der Waals surface area (Å²) in [6.07, 6.45) is 1.55. The third-order valence-electron chi connectivity index (χ3n) is 3.92. The number of hydrogen-bond donors (Lipinski definition) is 1. The Bertz CT molecular complexity index is 569. The van der Waals surface area contributed by atoms with Crippen LogP contribution in [0.3, 0.4) is 0 Å². The molecular formula is C14H18FN3O3. The van der Waals surface area contributed by atoms with Gasteiger partial charge in [0.15, 0.2) is 0 Å². The molecule has 2 rings (SSSR count). The second-order valence-electron chi connectivity index (χ2n) is 5.35. The van der Waals surface area contributed by atoms with E-state index in [4.69, 9.17) is 5.73 Å². The molecule has 1 saturated heterocycles. The second-order valence-corrected chi connectivity index (χ2v) is 5.35. The van der Waals surface area contributed by atoms with Crippen molar-refractivity contribution in [2.24, 2.45) is 11.7 Å². The molecule has 7 heteroatoms. The van der Waals surface area contributed by atoms with Gasteiger partial charge in [0, 0.05) is 25.2 Å². The summed E-state index contributed by atoms with van der Waals surface area (Å²) in [5.74, 6) is -0.799. The van der Waals surface area contributed by atoms with Gasteiger partial charge >= 0.3 is 0 Å². The standard InChI is InChI=1S/C14H18FN3O3/c1-9-6-11(18(20)21)7-12(13(9)15)14(19)17-4-2-10(8-16)3-5-17/h6-7,10H,2-5,8,16H2,1H3. The molecule has 0 aromatic heterocycles. The van der Waals surface area contributed by atoms with Crippen molar-refractivity contribution >= 4 is 11.6 Å². The van der Waals surface area contributed by atoms with E-state index in [0.717, 1.165) is 25.0 Å². The van der Waals surface area contributed by atoms with Gasteiger partial charge in [-0.05, 0) is 37.8 Å². The van der Waals surface area contributed by atoms with E-state index in [1.54, 1.807) is 0 Å². The van der Waals surface area contributed by atoms with Gasteiger partial charge in [0.05, 0.1) is 10.5 Å². The number of carbonyl (C=O) groups excluding carboxylic acids is 1. The van der Waals surface area contributed by atoms with Crippen LogP contribution >= 0.6 is 0 Å². The van der Waals surface area contributed by atoms with Crippen LogP contribution in [-0.2, 0) is 0 Å². The van der Waals surface area contributed by atoms with E-state index in [0.29, 0.717) is 25.6 Å². The summed E-state index contributed by atoms with van der Waals surface area (Å²) in [5, 5.41) is 10.8. The number of nitro groups is 1. The lowest BCUT2D eigenvalue weighted by molar-refractivity contribution is -0.385. The predicted molar refractivity (Wildman–Crippen MR) is 75.5 cm³/mol. The minimum Gasteiger partial charge on any atom is -0.339 e. The summed E-state index contributed by atoms with van der Waals surface area (Å²) in [6.45, 7) is 3.00. The van der Waals surface area contributed by atoms with Crippen molar-refractivity contribution in [3.05, 3.63) is 39.2 Å². The Morgan fingerprint density at radius 2 is 2.10 bits per heavy atom. The molecule has 0 bridgehead atoms. The maximum absolute atomic E-state index is 14.1. The highest BCUT2D eigenvalue weighted by Crippen LogP contribution is 2.24. The van der Waals surface area contributed by atoms with Gasteiger partial charge < -0.3 is 10.6 Å². The minimum atomic E-state index is -0.688. The number of hydrogen-bond acceptors (Lipinski definition) is 4. The van der Waals surface area contributed by atoms with Crippen molar-refractivity contribution in [1.29, 1.82) is 0 Å². The molecule has 0 spiro atoms. The molecule has 2 N–H and O–H groups in total. The Labute approximate surface area is 121 Å². The van der Waals surface area contributed by atoms with E-state index in [1.165, 1.54) is 11.8 Å². The largest absolute Gasteiger partial charge is 0.339 e. The summed E-state index contributed by atoms with van der Waals surface area (Å²) >= 11 is 0. The third-order valence-corrected chi connectivity index (χ3v) is 3.92. The topological polar surface area (TPSA) is 89.5 Å². The number of likely N-dealkylation sites (tertiary alicyclic amines) is 1. The summed E-state index contributed by atoms with van der Waals surface area (Å²) in [6, 6.07) is 2.15. The summed E-state index contributed by atoms with van der Waals surface area (Å²) in [4.78, 5) is 24.1. The zero-order valence-electron chi connectivity index (χ0n) is 11.8. The highest BCUT2D eigenvalue weighted by atomic mass is 19.1. The first-order valence-electron chi connectivity index (χ1n) is 6.88. The molecule has 0 saturated carbocycles. The van der Waals surface area contributed by atoms with Crippen LogP contribution in [0.15, 0.2) is 12.1 Å². The molecule has 1 aliphatic heterocycles. The average Bonchev–Trinajstić information content (AvgIpc) is 2.49. The van der Waals surface area contributed by atoms with E-state index in [2.05, 4.69) is 0 Å². The van der Waals surface area contributed by atoms with Crippen molar-refractivity contribution in [3.63, 3.8) is 0 Å². The molecule has 1 fully saturated rings. The van der Waals surface area contributed by atoms with E-state index in [1.807, 2.05) is 0 Å². The van der Waals surface area contributed by atoms with Crippen molar-refractivity contribution in [3.8, 4) is 0 Å². The van der Waals surface area contributed by atoms with Crippen LogP contribution in [0.1, 0.15) is 28.8 Å². The van der Waals surface area contributed by atoms with E-state index in [-0.39, 0.29) is 16.8 Å². The minimum absolute atomic E-state index is 0.101. The van der Waals surface area contributed by atoms with E-state index in [9.17, 15) is 19.3 Å². The molecule has 0 aliphatic carbocycles. The summed E-state index contributed by atoms with van der Waals surface area (Å²) in [7, 11) is 0. The average molecular weight is 295 g/mol. The van der Waals surface area contributed by atoms with Crippen LogP contribution in [-0.4, -0.2) is 35.4 Å². The smallest absolute Gasteiger partial charge is 0.270 e. The molecule has 114 valence electrons. The van der Waals surface area contributed by atoms with Gasteiger partial charge in [0.25, 0.3) is 11.6 Å². The number of nitrogens with two attached hydrogens (primary N) is 1. The fourth-order valence-corrected chi connectivity index (χ4v) is 2.55. The van der Waals surface area contributed by atoms with Crippen LogP contribution in [0.4, 0.5) is 10.1 Å². The zero-order valence-corrected chi connectivity index (χ0v) is 11.8. The molecule has 0 radical (unpaired) electrons. The van der Waals surface area contributed by atoms with Crippen molar-refractivity contribution in [2.45, 2.75) is 19.8 Å². The van der Waals surface area contributed by atoms with Crippen LogP contribution in [0.5, 0.6) is 0 Å². The highest BCUT2D eigenvalue weighted by molar-refractivity contribution is 5.95. The normalized spacial score (nSPS) is 16.0. The van der Waals surface area contributed by atoms with Crippen molar-refractivity contribution in [2.75, 3.05) is 19.6 Å². The van der Waals surface area contributed by atoms with Crippen LogP contribution in [0.25, 0.3) is 0 Å². The summed E-state index contributed by atoms with van der Waals surface area (Å²) in [5.41, 5.74) is 5.20. The quantitative estimate of drug-likeness (QED) is 0.680. The van der Waals surface area contributed by atoms with Gasteiger partial charge in [-0.2, -0.15) is 0 Å². The number of halogens is 1. The molecule has 1 aromatic rings. The fourth-order valence-electron chi connectivity index (χ4n) is 2.55. The van der Waals surface area contributed by atoms with Crippen LogP contribution in [0.2, 0.25) is 0 Å². The molecule has 1 heterocycles. The number of rotatable bonds is 3. The highest BCUT2D eigenvalue weighted by Gasteiger charge is 2.27. The molecule has 0 atom stereocenters. The van der Waals surface area contributed by atoms with E-state index >= 15 is 0 Å². The van der Waals surface area contributed by atoms with Gasteiger partial charge in [-0.1, -0.05) is 0 Å². The number of non-ortho nitro benzene ring substituents is 1. The molecule has 6 nitrogen and oxygen atoms in total. The maximum Gasteiger partial charge on any atom is 0.270 e. The zero-order chi connectivity index (χ0) is 15.6. The van der Waals surface area contributed by atoms with Gasteiger partial charge in [-0.15, -0.1) is 0 Å². The Kier molecular flexibility index (Phi) is 4.52.